The molecule has 0 radical (unpaired) electrons. The first-order chi connectivity index (χ1) is 8.49. The molecule has 1 amide bonds. The number of halogens is 1. The van der Waals surface area contributed by atoms with Gasteiger partial charge in [0.25, 0.3) is 0 Å². The summed E-state index contributed by atoms with van der Waals surface area (Å²) >= 11 is 3.47. The van der Waals surface area contributed by atoms with E-state index in [9.17, 15) is 4.79 Å². The maximum Gasteiger partial charge on any atom is 0.241 e. The molecular formula is C14H21BrN2O. The SMILES string of the molecule is CCN(CC)C(=O)CNc1c(C)cc(Br)cc1C. The Morgan fingerprint density at radius 1 is 1.22 bits per heavy atom. The Labute approximate surface area is 118 Å². The summed E-state index contributed by atoms with van der Waals surface area (Å²) in [6.07, 6.45) is 0. The Bertz CT molecular complexity index is 405. The monoisotopic (exact) mass is 312 g/mol. The van der Waals surface area contributed by atoms with E-state index in [-0.39, 0.29) is 5.91 Å². The molecule has 0 fully saturated rings. The first kappa shape index (κ1) is 15.0. The third-order valence-corrected chi connectivity index (χ3v) is 3.49. The van der Waals surface area contributed by atoms with Crippen LogP contribution in [0.15, 0.2) is 16.6 Å². The second-order valence-electron chi connectivity index (χ2n) is 4.33. The summed E-state index contributed by atoms with van der Waals surface area (Å²) in [7, 11) is 0. The molecule has 0 bridgehead atoms. The third kappa shape index (κ3) is 3.73. The van der Waals surface area contributed by atoms with Crippen LogP contribution < -0.4 is 5.32 Å². The molecule has 0 heterocycles. The number of anilines is 1. The van der Waals surface area contributed by atoms with Crippen LogP contribution in [0.5, 0.6) is 0 Å². The molecule has 18 heavy (non-hydrogen) atoms. The summed E-state index contributed by atoms with van der Waals surface area (Å²) in [5, 5.41) is 3.25. The predicted molar refractivity (Wildman–Crippen MR) is 80.0 cm³/mol. The van der Waals surface area contributed by atoms with Crippen molar-refractivity contribution in [3.05, 3.63) is 27.7 Å². The van der Waals surface area contributed by atoms with Crippen LogP contribution in [0.2, 0.25) is 0 Å². The van der Waals surface area contributed by atoms with Gasteiger partial charge in [-0.1, -0.05) is 15.9 Å². The molecule has 1 aromatic rings. The largest absolute Gasteiger partial charge is 0.376 e. The van der Waals surface area contributed by atoms with Crippen LogP contribution in [-0.2, 0) is 4.79 Å². The Balaban J connectivity index is 2.72. The van der Waals surface area contributed by atoms with E-state index in [2.05, 4.69) is 33.4 Å². The molecular weight excluding hydrogens is 292 g/mol. The number of nitrogens with zero attached hydrogens (tertiary/aromatic N) is 1. The molecule has 0 aliphatic heterocycles. The van der Waals surface area contributed by atoms with Crippen molar-refractivity contribution in [2.45, 2.75) is 27.7 Å². The number of hydrogen-bond donors (Lipinski definition) is 1. The Kier molecular flexibility index (Phi) is 5.66. The standard InChI is InChI=1S/C14H21BrN2O/c1-5-17(6-2)13(18)9-16-14-10(3)7-12(15)8-11(14)4/h7-8,16H,5-6,9H2,1-4H3. The third-order valence-electron chi connectivity index (χ3n) is 3.03. The second-order valence-corrected chi connectivity index (χ2v) is 5.25. The number of carbonyl (C=O) groups is 1. The van der Waals surface area contributed by atoms with E-state index in [1.807, 2.05) is 32.6 Å². The molecule has 1 N–H and O–H groups in total. The summed E-state index contributed by atoms with van der Waals surface area (Å²) in [5.41, 5.74) is 3.35. The molecule has 0 spiro atoms. The lowest BCUT2D eigenvalue weighted by Gasteiger charge is -2.20. The van der Waals surface area contributed by atoms with Crippen molar-refractivity contribution in [1.29, 1.82) is 0 Å². The van der Waals surface area contributed by atoms with Crippen molar-refractivity contribution in [3.63, 3.8) is 0 Å². The molecule has 100 valence electrons. The molecule has 0 saturated heterocycles. The first-order valence-electron chi connectivity index (χ1n) is 6.28. The molecule has 1 aromatic carbocycles. The molecule has 0 aliphatic carbocycles. The number of aryl methyl sites for hydroxylation is 2. The van der Waals surface area contributed by atoms with Crippen molar-refractivity contribution in [2.24, 2.45) is 0 Å². The zero-order valence-corrected chi connectivity index (χ0v) is 13.1. The summed E-state index contributed by atoms with van der Waals surface area (Å²) < 4.78 is 1.07. The van der Waals surface area contributed by atoms with Crippen molar-refractivity contribution < 1.29 is 4.79 Å². The Hall–Kier alpha value is -1.03. The fourth-order valence-electron chi connectivity index (χ4n) is 2.04. The minimum Gasteiger partial charge on any atom is -0.376 e. The molecule has 0 aromatic heterocycles. The van der Waals surface area contributed by atoms with Gasteiger partial charge in [0.15, 0.2) is 0 Å². The van der Waals surface area contributed by atoms with Crippen molar-refractivity contribution in [3.8, 4) is 0 Å². The van der Waals surface area contributed by atoms with E-state index in [1.165, 1.54) is 0 Å². The van der Waals surface area contributed by atoms with E-state index < -0.39 is 0 Å². The van der Waals surface area contributed by atoms with Gasteiger partial charge < -0.3 is 10.2 Å². The number of rotatable bonds is 5. The average Bonchev–Trinajstić information content (AvgIpc) is 2.29. The van der Waals surface area contributed by atoms with Crippen LogP contribution >= 0.6 is 15.9 Å². The first-order valence-corrected chi connectivity index (χ1v) is 7.07. The molecule has 0 aliphatic rings. The van der Waals surface area contributed by atoms with Gasteiger partial charge in [-0.3, -0.25) is 4.79 Å². The maximum absolute atomic E-state index is 11.9. The van der Waals surface area contributed by atoms with Crippen LogP contribution in [0.1, 0.15) is 25.0 Å². The Morgan fingerprint density at radius 2 is 1.72 bits per heavy atom. The zero-order chi connectivity index (χ0) is 13.7. The lowest BCUT2D eigenvalue weighted by atomic mass is 10.1. The lowest BCUT2D eigenvalue weighted by molar-refractivity contribution is -0.128. The van der Waals surface area contributed by atoms with Crippen LogP contribution in [0.3, 0.4) is 0 Å². The molecule has 0 saturated carbocycles. The average molecular weight is 313 g/mol. The van der Waals surface area contributed by atoms with Gasteiger partial charge in [-0.15, -0.1) is 0 Å². The summed E-state index contributed by atoms with van der Waals surface area (Å²) in [4.78, 5) is 13.8. The maximum atomic E-state index is 11.9. The molecule has 1 rings (SSSR count). The van der Waals surface area contributed by atoms with Crippen LogP contribution in [0.4, 0.5) is 5.69 Å². The highest BCUT2D eigenvalue weighted by molar-refractivity contribution is 9.10. The van der Waals surface area contributed by atoms with Crippen LogP contribution in [-0.4, -0.2) is 30.4 Å². The van der Waals surface area contributed by atoms with Gasteiger partial charge in [0, 0.05) is 23.2 Å². The van der Waals surface area contributed by atoms with E-state index in [0.29, 0.717) is 6.54 Å². The van der Waals surface area contributed by atoms with Gasteiger partial charge >= 0.3 is 0 Å². The highest BCUT2D eigenvalue weighted by Gasteiger charge is 2.10. The number of benzene rings is 1. The number of likely N-dealkylation sites (N-methyl/N-ethyl adjacent to an activating group) is 1. The molecule has 0 atom stereocenters. The number of carbonyl (C=O) groups excluding carboxylic acids is 1. The van der Waals surface area contributed by atoms with Gasteiger partial charge in [0.2, 0.25) is 5.91 Å². The van der Waals surface area contributed by atoms with E-state index in [4.69, 9.17) is 0 Å². The van der Waals surface area contributed by atoms with Gasteiger partial charge in [-0.05, 0) is 51.0 Å². The number of amides is 1. The quantitative estimate of drug-likeness (QED) is 0.904. The van der Waals surface area contributed by atoms with Crippen molar-refractivity contribution in [2.75, 3.05) is 25.0 Å². The number of hydrogen-bond acceptors (Lipinski definition) is 2. The molecule has 4 heteroatoms. The Morgan fingerprint density at radius 3 is 2.17 bits per heavy atom. The predicted octanol–water partition coefficient (Wildman–Crippen LogP) is 3.35. The summed E-state index contributed by atoms with van der Waals surface area (Å²) in [6, 6.07) is 4.11. The van der Waals surface area contributed by atoms with Crippen LogP contribution in [0, 0.1) is 13.8 Å². The fraction of sp³-hybridized carbons (Fsp3) is 0.500. The highest BCUT2D eigenvalue weighted by Crippen LogP contribution is 2.24. The normalized spacial score (nSPS) is 10.3. The van der Waals surface area contributed by atoms with Crippen molar-refractivity contribution in [1.82, 2.24) is 4.90 Å². The molecule has 0 unspecified atom stereocenters. The minimum absolute atomic E-state index is 0.140. The van der Waals surface area contributed by atoms with E-state index >= 15 is 0 Å². The smallest absolute Gasteiger partial charge is 0.241 e. The fourth-order valence-corrected chi connectivity index (χ4v) is 2.73. The van der Waals surface area contributed by atoms with Gasteiger partial charge in [-0.25, -0.2) is 0 Å². The van der Waals surface area contributed by atoms with Crippen molar-refractivity contribution >= 4 is 27.5 Å². The minimum atomic E-state index is 0.140. The van der Waals surface area contributed by atoms with Gasteiger partial charge in [0.1, 0.15) is 0 Å². The topological polar surface area (TPSA) is 32.3 Å². The van der Waals surface area contributed by atoms with Crippen LogP contribution in [0.25, 0.3) is 0 Å². The summed E-state index contributed by atoms with van der Waals surface area (Å²) in [6.45, 7) is 9.95. The van der Waals surface area contributed by atoms with Gasteiger partial charge in [0.05, 0.1) is 6.54 Å². The molecule has 3 nitrogen and oxygen atoms in total. The second kappa shape index (κ2) is 6.78. The van der Waals surface area contributed by atoms with E-state index in [0.717, 1.165) is 34.4 Å². The van der Waals surface area contributed by atoms with Gasteiger partial charge in [-0.2, -0.15) is 0 Å². The zero-order valence-electron chi connectivity index (χ0n) is 11.5. The lowest BCUT2D eigenvalue weighted by Crippen LogP contribution is -2.35. The van der Waals surface area contributed by atoms with E-state index in [1.54, 1.807) is 0 Å². The highest BCUT2D eigenvalue weighted by atomic mass is 79.9. The number of nitrogens with one attached hydrogen (secondary N) is 1. The summed E-state index contributed by atoms with van der Waals surface area (Å²) in [5.74, 6) is 0.140.